The quantitative estimate of drug-likeness (QED) is 0.478. The summed E-state index contributed by atoms with van der Waals surface area (Å²) in [4.78, 5) is 0. The minimum Gasteiger partial charge on any atom is -0.538 e. The summed E-state index contributed by atoms with van der Waals surface area (Å²) < 4.78 is 43.2. The Morgan fingerprint density at radius 2 is 2.08 bits per heavy atom. The van der Waals surface area contributed by atoms with E-state index in [1.165, 1.54) is 6.26 Å². The van der Waals surface area contributed by atoms with Crippen LogP contribution < -0.4 is 9.15 Å². The molecular weight excluding hydrogens is 418 g/mol. The Morgan fingerprint density at radius 1 is 1.38 bits per heavy atom. The van der Waals surface area contributed by atoms with Crippen LogP contribution in [0.3, 0.4) is 0 Å². The fraction of sp³-hybridized carbons (Fsp3) is 0.429. The molecule has 0 bridgehead atoms. The standard InChI is InChI=1S/C14H20BrNO6SSi/c1-24(2,3)22-13-11(17)12(10-6-4-8-20-10)21-14(13)16-23(18,19)9-5-7-15/h4,6,8,16-17H,5,7,9H2,1-3H3. The molecule has 0 atom stereocenters. The van der Waals surface area contributed by atoms with E-state index >= 15 is 0 Å². The molecule has 0 amide bonds. The van der Waals surface area contributed by atoms with Gasteiger partial charge in [0.15, 0.2) is 5.76 Å². The predicted molar refractivity (Wildman–Crippen MR) is 97.9 cm³/mol. The van der Waals surface area contributed by atoms with Crippen LogP contribution in [0.5, 0.6) is 11.5 Å². The van der Waals surface area contributed by atoms with Crippen molar-refractivity contribution in [2.24, 2.45) is 0 Å². The van der Waals surface area contributed by atoms with Crippen LogP contribution in [0.15, 0.2) is 27.2 Å². The number of nitrogens with one attached hydrogen (secondary N) is 1. The summed E-state index contributed by atoms with van der Waals surface area (Å²) in [6, 6.07) is 3.23. The molecule has 0 unspecified atom stereocenters. The van der Waals surface area contributed by atoms with Gasteiger partial charge in [-0.25, -0.2) is 13.1 Å². The van der Waals surface area contributed by atoms with Crippen molar-refractivity contribution in [3.05, 3.63) is 18.4 Å². The van der Waals surface area contributed by atoms with Crippen molar-refractivity contribution in [3.63, 3.8) is 0 Å². The van der Waals surface area contributed by atoms with Gasteiger partial charge in [-0.1, -0.05) is 15.9 Å². The highest BCUT2D eigenvalue weighted by Gasteiger charge is 2.30. The average Bonchev–Trinajstić information content (AvgIpc) is 3.07. The fourth-order valence-corrected chi connectivity index (χ4v) is 4.38. The van der Waals surface area contributed by atoms with Gasteiger partial charge >= 0.3 is 0 Å². The summed E-state index contributed by atoms with van der Waals surface area (Å²) in [5.74, 6) is -0.225. The van der Waals surface area contributed by atoms with E-state index in [0.29, 0.717) is 11.8 Å². The molecule has 0 aliphatic heterocycles. The normalized spacial score (nSPS) is 12.3. The Kier molecular flexibility index (Phi) is 5.71. The van der Waals surface area contributed by atoms with E-state index in [0.717, 1.165) is 0 Å². The van der Waals surface area contributed by atoms with Crippen LogP contribution in [0.25, 0.3) is 11.5 Å². The molecule has 24 heavy (non-hydrogen) atoms. The van der Waals surface area contributed by atoms with E-state index in [1.54, 1.807) is 12.1 Å². The van der Waals surface area contributed by atoms with Crippen molar-refractivity contribution in [2.45, 2.75) is 26.1 Å². The number of rotatable bonds is 8. The molecule has 0 aliphatic carbocycles. The molecule has 2 rings (SSSR count). The van der Waals surface area contributed by atoms with E-state index in [-0.39, 0.29) is 34.7 Å². The Labute approximate surface area is 150 Å². The summed E-state index contributed by atoms with van der Waals surface area (Å²) in [6.07, 6.45) is 1.87. The zero-order valence-corrected chi connectivity index (χ0v) is 17.0. The molecule has 0 fully saturated rings. The molecule has 0 saturated heterocycles. The van der Waals surface area contributed by atoms with E-state index in [9.17, 15) is 13.5 Å². The van der Waals surface area contributed by atoms with Gasteiger partial charge in [-0.15, -0.1) is 0 Å². The smallest absolute Gasteiger partial charge is 0.252 e. The van der Waals surface area contributed by atoms with Gasteiger partial charge < -0.3 is 18.4 Å². The van der Waals surface area contributed by atoms with Crippen molar-refractivity contribution in [1.82, 2.24) is 0 Å². The summed E-state index contributed by atoms with van der Waals surface area (Å²) in [7, 11) is -5.75. The van der Waals surface area contributed by atoms with Gasteiger partial charge in [0.25, 0.3) is 5.88 Å². The molecule has 2 aromatic heterocycles. The van der Waals surface area contributed by atoms with Gasteiger partial charge in [-0.2, -0.15) is 0 Å². The van der Waals surface area contributed by atoms with Gasteiger partial charge in [0.05, 0.1) is 12.0 Å². The number of aromatic hydroxyl groups is 1. The first-order chi connectivity index (χ1) is 11.1. The molecule has 2 heterocycles. The number of anilines is 1. The third-order valence-corrected chi connectivity index (χ3v) is 5.49. The second-order valence-electron chi connectivity index (χ2n) is 6.09. The number of alkyl halides is 1. The number of hydrogen-bond acceptors (Lipinski definition) is 6. The first-order valence-corrected chi connectivity index (χ1v) is 13.5. The van der Waals surface area contributed by atoms with Gasteiger partial charge in [0, 0.05) is 5.33 Å². The van der Waals surface area contributed by atoms with Crippen LogP contribution in [0.4, 0.5) is 5.88 Å². The predicted octanol–water partition coefficient (Wildman–Crippen LogP) is 3.99. The van der Waals surface area contributed by atoms with Crippen LogP contribution >= 0.6 is 15.9 Å². The summed E-state index contributed by atoms with van der Waals surface area (Å²) in [5.41, 5.74) is 0. The molecule has 0 saturated carbocycles. The molecule has 2 aromatic rings. The third kappa shape index (κ3) is 4.80. The Balaban J connectivity index is 2.43. The largest absolute Gasteiger partial charge is 0.538 e. The monoisotopic (exact) mass is 437 g/mol. The van der Waals surface area contributed by atoms with Gasteiger partial charge in [-0.05, 0) is 38.2 Å². The van der Waals surface area contributed by atoms with Crippen LogP contribution in [0, 0.1) is 0 Å². The molecule has 2 N–H and O–H groups in total. The Hall–Kier alpha value is -1.39. The SMILES string of the molecule is C[Si](C)(C)Oc1c(NS(=O)(=O)CCCBr)oc(-c2ccco2)c1O. The highest BCUT2D eigenvalue weighted by molar-refractivity contribution is 9.09. The molecular formula is C14H20BrNO6SSi. The van der Waals surface area contributed by atoms with Crippen molar-refractivity contribution in [1.29, 1.82) is 0 Å². The lowest BCUT2D eigenvalue weighted by Gasteiger charge is -2.19. The number of hydrogen-bond donors (Lipinski definition) is 2. The highest BCUT2D eigenvalue weighted by atomic mass is 79.9. The molecule has 0 aromatic carbocycles. The van der Waals surface area contributed by atoms with Gasteiger partial charge in [-0.3, -0.25) is 0 Å². The summed E-state index contributed by atoms with van der Waals surface area (Å²) in [6.45, 7) is 5.74. The first-order valence-electron chi connectivity index (χ1n) is 7.28. The van der Waals surface area contributed by atoms with E-state index in [4.69, 9.17) is 13.3 Å². The molecule has 0 aliphatic rings. The minimum absolute atomic E-state index is 0.0111. The Bertz CT molecular complexity index is 779. The van der Waals surface area contributed by atoms with Crippen molar-refractivity contribution in [2.75, 3.05) is 15.8 Å². The van der Waals surface area contributed by atoms with Crippen LogP contribution in [0.2, 0.25) is 19.6 Å². The zero-order chi connectivity index (χ0) is 18.0. The maximum atomic E-state index is 12.1. The second kappa shape index (κ2) is 7.24. The summed E-state index contributed by atoms with van der Waals surface area (Å²) >= 11 is 3.20. The molecule has 0 radical (unpaired) electrons. The van der Waals surface area contributed by atoms with Crippen molar-refractivity contribution in [3.8, 4) is 23.0 Å². The molecule has 0 spiro atoms. The molecule has 10 heteroatoms. The minimum atomic E-state index is -3.63. The van der Waals surface area contributed by atoms with Gasteiger partial charge in [0.1, 0.15) is 0 Å². The fourth-order valence-electron chi connectivity index (χ4n) is 1.89. The average molecular weight is 438 g/mol. The lowest BCUT2D eigenvalue weighted by molar-refractivity contribution is 0.436. The number of furan rings is 2. The van der Waals surface area contributed by atoms with E-state index < -0.39 is 18.3 Å². The molecule has 134 valence electrons. The maximum Gasteiger partial charge on any atom is 0.252 e. The van der Waals surface area contributed by atoms with Crippen molar-refractivity contribution < 1.29 is 26.8 Å². The highest BCUT2D eigenvalue weighted by Crippen LogP contribution is 2.47. The number of sulfonamides is 1. The topological polar surface area (TPSA) is 102 Å². The second-order valence-corrected chi connectivity index (χ2v) is 13.2. The maximum absolute atomic E-state index is 12.1. The van der Waals surface area contributed by atoms with Crippen LogP contribution in [-0.2, 0) is 10.0 Å². The zero-order valence-electron chi connectivity index (χ0n) is 13.6. The van der Waals surface area contributed by atoms with E-state index in [1.807, 2.05) is 19.6 Å². The first kappa shape index (κ1) is 18.9. The molecule has 7 nitrogen and oxygen atoms in total. The summed E-state index contributed by atoms with van der Waals surface area (Å²) in [5, 5.41) is 11.0. The third-order valence-electron chi connectivity index (χ3n) is 2.79. The van der Waals surface area contributed by atoms with Crippen molar-refractivity contribution >= 4 is 40.2 Å². The van der Waals surface area contributed by atoms with Crippen LogP contribution in [-0.4, -0.2) is 32.9 Å². The lowest BCUT2D eigenvalue weighted by atomic mass is 10.3. The van der Waals surface area contributed by atoms with Gasteiger partial charge in [0.2, 0.25) is 35.6 Å². The van der Waals surface area contributed by atoms with E-state index in [2.05, 4.69) is 20.7 Å². The van der Waals surface area contributed by atoms with Crippen LogP contribution in [0.1, 0.15) is 6.42 Å². The Morgan fingerprint density at radius 3 is 2.62 bits per heavy atom. The lowest BCUT2D eigenvalue weighted by Crippen LogP contribution is -2.29. The number of halogens is 1.